The average Bonchev–Trinajstić information content (AvgIpc) is 2.08. The Morgan fingerprint density at radius 3 is 3.00 bits per heavy atom. The second-order valence-corrected chi connectivity index (χ2v) is 3.29. The molecular formula is C10H11NO2. The lowest BCUT2D eigenvalue weighted by Crippen LogP contribution is -2.34. The van der Waals surface area contributed by atoms with E-state index in [0.717, 1.165) is 11.3 Å². The Hall–Kier alpha value is -1.51. The van der Waals surface area contributed by atoms with Crippen molar-refractivity contribution >= 4 is 11.7 Å². The molecule has 1 aliphatic rings. The van der Waals surface area contributed by atoms with Crippen molar-refractivity contribution in [3.05, 3.63) is 23.8 Å². The van der Waals surface area contributed by atoms with Crippen LogP contribution >= 0.6 is 0 Å². The SMILES string of the molecule is Cc1ccc2c(c1)NC(C)C(=O)O2. The molecule has 2 rings (SSSR count). The molecule has 3 nitrogen and oxygen atoms in total. The van der Waals surface area contributed by atoms with Gasteiger partial charge in [0.05, 0.1) is 5.69 Å². The second kappa shape index (κ2) is 2.76. The number of hydrogen-bond acceptors (Lipinski definition) is 3. The van der Waals surface area contributed by atoms with Gasteiger partial charge in [-0.1, -0.05) is 6.07 Å². The molecule has 3 heteroatoms. The Balaban J connectivity index is 2.42. The van der Waals surface area contributed by atoms with E-state index in [0.29, 0.717) is 5.75 Å². The van der Waals surface area contributed by atoms with E-state index < -0.39 is 0 Å². The first-order valence-corrected chi connectivity index (χ1v) is 4.26. The molecule has 0 fully saturated rings. The van der Waals surface area contributed by atoms with Gasteiger partial charge in [-0.15, -0.1) is 0 Å². The van der Waals surface area contributed by atoms with Crippen LogP contribution in [-0.4, -0.2) is 12.0 Å². The molecule has 1 N–H and O–H groups in total. The van der Waals surface area contributed by atoms with Gasteiger partial charge in [0.25, 0.3) is 0 Å². The second-order valence-electron chi connectivity index (χ2n) is 3.29. The first kappa shape index (κ1) is 8.10. The average molecular weight is 177 g/mol. The van der Waals surface area contributed by atoms with Crippen molar-refractivity contribution in [3.63, 3.8) is 0 Å². The predicted octanol–water partition coefficient (Wildman–Crippen LogP) is 1.71. The molecule has 1 heterocycles. The van der Waals surface area contributed by atoms with E-state index in [2.05, 4.69) is 5.32 Å². The van der Waals surface area contributed by atoms with Crippen molar-refractivity contribution in [1.82, 2.24) is 0 Å². The number of fused-ring (bicyclic) bond motifs is 1. The van der Waals surface area contributed by atoms with Crippen LogP contribution in [0.15, 0.2) is 18.2 Å². The Labute approximate surface area is 76.7 Å². The fourth-order valence-corrected chi connectivity index (χ4v) is 1.33. The maximum absolute atomic E-state index is 11.2. The summed E-state index contributed by atoms with van der Waals surface area (Å²) in [6, 6.07) is 5.44. The number of aryl methyl sites for hydroxylation is 1. The minimum atomic E-state index is -0.255. The minimum absolute atomic E-state index is 0.226. The summed E-state index contributed by atoms with van der Waals surface area (Å²) >= 11 is 0. The Kier molecular flexibility index (Phi) is 1.72. The van der Waals surface area contributed by atoms with Gasteiger partial charge in [0, 0.05) is 0 Å². The van der Waals surface area contributed by atoms with Crippen molar-refractivity contribution in [1.29, 1.82) is 0 Å². The van der Waals surface area contributed by atoms with Crippen LogP contribution in [0.25, 0.3) is 0 Å². The van der Waals surface area contributed by atoms with Crippen LogP contribution in [0.2, 0.25) is 0 Å². The van der Waals surface area contributed by atoms with Crippen molar-refractivity contribution < 1.29 is 9.53 Å². The molecule has 0 spiro atoms. The van der Waals surface area contributed by atoms with Crippen LogP contribution in [0.3, 0.4) is 0 Å². The van der Waals surface area contributed by atoms with Gasteiger partial charge in [0.15, 0.2) is 5.75 Å². The summed E-state index contributed by atoms with van der Waals surface area (Å²) in [5.74, 6) is 0.394. The lowest BCUT2D eigenvalue weighted by Gasteiger charge is -2.22. The smallest absolute Gasteiger partial charge is 0.333 e. The van der Waals surface area contributed by atoms with E-state index in [1.807, 2.05) is 19.1 Å². The number of ether oxygens (including phenoxy) is 1. The summed E-state index contributed by atoms with van der Waals surface area (Å²) in [5, 5.41) is 3.08. The van der Waals surface area contributed by atoms with E-state index in [1.54, 1.807) is 13.0 Å². The standard InChI is InChI=1S/C10H11NO2/c1-6-3-4-9-8(5-6)11-7(2)10(12)13-9/h3-5,7,11H,1-2H3. The van der Waals surface area contributed by atoms with Crippen LogP contribution < -0.4 is 10.1 Å². The molecule has 0 aromatic heterocycles. The van der Waals surface area contributed by atoms with E-state index >= 15 is 0 Å². The molecule has 0 bridgehead atoms. The summed E-state index contributed by atoms with van der Waals surface area (Å²) in [6.07, 6.45) is 0. The highest BCUT2D eigenvalue weighted by molar-refractivity contribution is 5.86. The van der Waals surface area contributed by atoms with Crippen LogP contribution in [0, 0.1) is 6.92 Å². The molecular weight excluding hydrogens is 166 g/mol. The van der Waals surface area contributed by atoms with Gasteiger partial charge >= 0.3 is 5.97 Å². The van der Waals surface area contributed by atoms with Crippen molar-refractivity contribution in [2.24, 2.45) is 0 Å². The monoisotopic (exact) mass is 177 g/mol. The summed E-state index contributed by atoms with van der Waals surface area (Å²) < 4.78 is 5.10. The normalized spacial score (nSPS) is 20.2. The van der Waals surface area contributed by atoms with Crippen molar-refractivity contribution in [2.45, 2.75) is 19.9 Å². The number of carbonyl (C=O) groups excluding carboxylic acids is 1. The van der Waals surface area contributed by atoms with E-state index in [9.17, 15) is 4.79 Å². The first-order valence-electron chi connectivity index (χ1n) is 4.26. The molecule has 1 unspecified atom stereocenters. The van der Waals surface area contributed by atoms with Gasteiger partial charge in [-0.2, -0.15) is 0 Å². The van der Waals surface area contributed by atoms with Crippen LogP contribution in [0.1, 0.15) is 12.5 Å². The van der Waals surface area contributed by atoms with Crippen LogP contribution in [0.4, 0.5) is 5.69 Å². The third-order valence-electron chi connectivity index (χ3n) is 2.07. The lowest BCUT2D eigenvalue weighted by atomic mass is 10.1. The summed E-state index contributed by atoms with van der Waals surface area (Å²) in [4.78, 5) is 11.2. The number of esters is 1. The number of rotatable bonds is 0. The quantitative estimate of drug-likeness (QED) is 0.484. The zero-order chi connectivity index (χ0) is 9.42. The summed E-state index contributed by atoms with van der Waals surface area (Å²) in [6.45, 7) is 3.79. The van der Waals surface area contributed by atoms with E-state index in [1.165, 1.54) is 0 Å². The van der Waals surface area contributed by atoms with Gasteiger partial charge in [-0.05, 0) is 31.5 Å². The minimum Gasteiger partial charge on any atom is -0.423 e. The summed E-state index contributed by atoms with van der Waals surface area (Å²) in [5.41, 5.74) is 2.04. The molecule has 1 aromatic carbocycles. The third kappa shape index (κ3) is 1.37. The van der Waals surface area contributed by atoms with E-state index in [4.69, 9.17) is 4.74 Å². The predicted molar refractivity (Wildman–Crippen MR) is 49.9 cm³/mol. The highest BCUT2D eigenvalue weighted by atomic mass is 16.5. The van der Waals surface area contributed by atoms with Gasteiger partial charge in [0.1, 0.15) is 6.04 Å². The van der Waals surface area contributed by atoms with Crippen molar-refractivity contribution in [2.75, 3.05) is 5.32 Å². The van der Waals surface area contributed by atoms with Gasteiger partial charge < -0.3 is 10.1 Å². The molecule has 68 valence electrons. The molecule has 1 atom stereocenters. The summed E-state index contributed by atoms with van der Waals surface area (Å²) in [7, 11) is 0. The highest BCUT2D eigenvalue weighted by Crippen LogP contribution is 2.29. The van der Waals surface area contributed by atoms with Gasteiger partial charge in [-0.25, -0.2) is 4.79 Å². The first-order chi connectivity index (χ1) is 6.16. The van der Waals surface area contributed by atoms with Crippen LogP contribution in [0.5, 0.6) is 5.75 Å². The number of nitrogens with one attached hydrogen (secondary N) is 1. The molecule has 0 saturated carbocycles. The Morgan fingerprint density at radius 2 is 2.23 bits per heavy atom. The number of benzene rings is 1. The maximum atomic E-state index is 11.2. The van der Waals surface area contributed by atoms with Crippen molar-refractivity contribution in [3.8, 4) is 5.75 Å². The fraction of sp³-hybridized carbons (Fsp3) is 0.300. The van der Waals surface area contributed by atoms with Gasteiger partial charge in [0.2, 0.25) is 0 Å². The van der Waals surface area contributed by atoms with Crippen LogP contribution in [-0.2, 0) is 4.79 Å². The number of carbonyl (C=O) groups is 1. The Morgan fingerprint density at radius 1 is 1.46 bits per heavy atom. The highest BCUT2D eigenvalue weighted by Gasteiger charge is 2.23. The molecule has 0 amide bonds. The number of hydrogen-bond donors (Lipinski definition) is 1. The number of anilines is 1. The third-order valence-corrected chi connectivity index (χ3v) is 2.07. The largest absolute Gasteiger partial charge is 0.423 e. The Bertz CT molecular complexity index is 360. The molecule has 13 heavy (non-hydrogen) atoms. The zero-order valence-corrected chi connectivity index (χ0v) is 7.63. The zero-order valence-electron chi connectivity index (χ0n) is 7.63. The molecule has 0 radical (unpaired) electrons. The molecule has 1 aliphatic heterocycles. The molecule has 0 saturated heterocycles. The van der Waals surface area contributed by atoms with E-state index in [-0.39, 0.29) is 12.0 Å². The topological polar surface area (TPSA) is 38.3 Å². The molecule has 0 aliphatic carbocycles. The fourth-order valence-electron chi connectivity index (χ4n) is 1.33. The molecule has 1 aromatic rings. The maximum Gasteiger partial charge on any atom is 0.333 e. The van der Waals surface area contributed by atoms with Gasteiger partial charge in [-0.3, -0.25) is 0 Å². The lowest BCUT2D eigenvalue weighted by molar-refractivity contribution is -0.135.